The first-order valence-corrected chi connectivity index (χ1v) is 9.66. The van der Waals surface area contributed by atoms with Gasteiger partial charge in [0.05, 0.1) is 17.2 Å². The Balaban J connectivity index is 1.46. The first-order valence-electron chi connectivity index (χ1n) is 8.78. The van der Waals surface area contributed by atoms with Gasteiger partial charge in [-0.2, -0.15) is 0 Å². The molecule has 0 N–H and O–H groups in total. The van der Waals surface area contributed by atoms with Gasteiger partial charge in [-0.25, -0.2) is 4.98 Å². The summed E-state index contributed by atoms with van der Waals surface area (Å²) in [5.41, 5.74) is 2.35. The van der Waals surface area contributed by atoms with Crippen LogP contribution in [0.4, 0.5) is 0 Å². The summed E-state index contributed by atoms with van der Waals surface area (Å²) in [4.78, 5) is 8.24. The van der Waals surface area contributed by atoms with Crippen LogP contribution in [0.1, 0.15) is 37.1 Å². The van der Waals surface area contributed by atoms with Gasteiger partial charge < -0.3 is 9.15 Å². The number of aromatic nitrogens is 1. The van der Waals surface area contributed by atoms with E-state index in [4.69, 9.17) is 9.15 Å². The van der Waals surface area contributed by atoms with Gasteiger partial charge in [-0.3, -0.25) is 4.90 Å². The number of likely N-dealkylation sites (tertiary alicyclic amines) is 1. The Morgan fingerprint density at radius 2 is 2.16 bits per heavy atom. The molecule has 2 aromatic heterocycles. The van der Waals surface area contributed by atoms with Crippen LogP contribution in [0, 0.1) is 0 Å². The van der Waals surface area contributed by atoms with E-state index in [0.29, 0.717) is 12.6 Å². The molecule has 0 bridgehead atoms. The molecule has 0 saturated carbocycles. The fourth-order valence-electron chi connectivity index (χ4n) is 3.45. The van der Waals surface area contributed by atoms with Crippen LogP contribution >= 0.6 is 11.3 Å². The molecule has 25 heavy (non-hydrogen) atoms. The quantitative estimate of drug-likeness (QED) is 0.614. The summed E-state index contributed by atoms with van der Waals surface area (Å²) < 4.78 is 11.2. The average Bonchev–Trinajstić information content (AvgIpc) is 3.38. The molecule has 3 aromatic rings. The Morgan fingerprint density at radius 3 is 2.92 bits per heavy atom. The number of hydrogen-bond acceptors (Lipinski definition) is 5. The zero-order chi connectivity index (χ0) is 17.1. The molecule has 1 aliphatic rings. The lowest BCUT2D eigenvalue weighted by molar-refractivity contribution is 0.245. The van der Waals surface area contributed by atoms with Gasteiger partial charge in [-0.15, -0.1) is 11.3 Å². The van der Waals surface area contributed by atoms with Crippen molar-refractivity contribution in [3.8, 4) is 16.5 Å². The van der Waals surface area contributed by atoms with Crippen LogP contribution in [0.2, 0.25) is 0 Å². The van der Waals surface area contributed by atoms with E-state index in [1.165, 1.54) is 18.4 Å². The summed E-state index contributed by atoms with van der Waals surface area (Å²) in [5.74, 6) is 1.66. The smallest absolute Gasteiger partial charge is 0.236 e. The van der Waals surface area contributed by atoms with Gasteiger partial charge in [0.2, 0.25) is 5.89 Å². The van der Waals surface area contributed by atoms with E-state index in [1.807, 2.05) is 24.4 Å². The van der Waals surface area contributed by atoms with Crippen LogP contribution in [0.5, 0.6) is 5.75 Å². The zero-order valence-corrected chi connectivity index (χ0v) is 15.2. The molecule has 1 saturated heterocycles. The highest BCUT2D eigenvalue weighted by atomic mass is 32.1. The Hall–Kier alpha value is -2.11. The molecule has 0 spiro atoms. The maximum absolute atomic E-state index is 5.66. The van der Waals surface area contributed by atoms with E-state index in [0.717, 1.165) is 35.3 Å². The van der Waals surface area contributed by atoms with E-state index in [2.05, 4.69) is 34.1 Å². The van der Waals surface area contributed by atoms with E-state index in [9.17, 15) is 0 Å². The number of thiophene rings is 1. The second-order valence-electron chi connectivity index (χ2n) is 6.25. The lowest BCUT2D eigenvalue weighted by Gasteiger charge is -2.24. The molecule has 1 fully saturated rings. The van der Waals surface area contributed by atoms with E-state index in [1.54, 1.807) is 17.6 Å². The maximum atomic E-state index is 5.66. The first kappa shape index (κ1) is 16.4. The Labute approximate surface area is 152 Å². The van der Waals surface area contributed by atoms with E-state index >= 15 is 0 Å². The van der Waals surface area contributed by atoms with Crippen LogP contribution in [0.15, 0.2) is 52.5 Å². The fourth-order valence-corrected chi connectivity index (χ4v) is 4.10. The van der Waals surface area contributed by atoms with Crippen molar-refractivity contribution in [3.63, 3.8) is 0 Å². The Kier molecular flexibility index (Phi) is 4.85. The molecule has 0 aliphatic carbocycles. The predicted octanol–water partition coefficient (Wildman–Crippen LogP) is 5.14. The molecular weight excluding hydrogens is 332 g/mol. The monoisotopic (exact) mass is 354 g/mol. The second-order valence-corrected chi connectivity index (χ2v) is 7.20. The van der Waals surface area contributed by atoms with Crippen molar-refractivity contribution in [3.05, 3.63) is 59.3 Å². The van der Waals surface area contributed by atoms with Crippen LogP contribution < -0.4 is 4.74 Å². The lowest BCUT2D eigenvalue weighted by atomic mass is 10.0. The van der Waals surface area contributed by atoms with Crippen molar-refractivity contribution in [1.82, 2.24) is 9.88 Å². The molecule has 4 rings (SSSR count). The molecular formula is C20H22N2O2S. The highest BCUT2D eigenvalue weighted by Gasteiger charge is 2.27. The first-order chi connectivity index (χ1) is 12.3. The lowest BCUT2D eigenvalue weighted by Crippen LogP contribution is -2.22. The number of nitrogens with zero attached hydrogens (tertiary/aromatic N) is 2. The fraction of sp³-hybridized carbons (Fsp3) is 0.350. The van der Waals surface area contributed by atoms with Crippen molar-refractivity contribution in [1.29, 1.82) is 0 Å². The van der Waals surface area contributed by atoms with Gasteiger partial charge in [0, 0.05) is 12.6 Å². The van der Waals surface area contributed by atoms with Crippen molar-refractivity contribution >= 4 is 11.3 Å². The third kappa shape index (κ3) is 3.62. The highest BCUT2D eigenvalue weighted by molar-refractivity contribution is 7.13. The molecule has 1 aromatic carbocycles. The van der Waals surface area contributed by atoms with Gasteiger partial charge in [0.15, 0.2) is 0 Å². The summed E-state index contributed by atoms with van der Waals surface area (Å²) in [6, 6.07) is 13.0. The highest BCUT2D eigenvalue weighted by Crippen LogP contribution is 2.34. The molecule has 1 atom stereocenters. The van der Waals surface area contributed by atoms with E-state index in [-0.39, 0.29) is 0 Å². The van der Waals surface area contributed by atoms with Crippen LogP contribution in [0.25, 0.3) is 10.8 Å². The van der Waals surface area contributed by atoms with Crippen LogP contribution in [0.3, 0.4) is 0 Å². The normalized spacial score (nSPS) is 17.9. The number of benzene rings is 1. The van der Waals surface area contributed by atoms with Gasteiger partial charge in [-0.1, -0.05) is 18.2 Å². The van der Waals surface area contributed by atoms with Crippen LogP contribution in [-0.4, -0.2) is 23.0 Å². The molecule has 5 heteroatoms. The van der Waals surface area contributed by atoms with Gasteiger partial charge >= 0.3 is 0 Å². The summed E-state index contributed by atoms with van der Waals surface area (Å²) >= 11 is 1.65. The summed E-state index contributed by atoms with van der Waals surface area (Å²) in [6.45, 7) is 4.63. The minimum absolute atomic E-state index is 0.442. The summed E-state index contributed by atoms with van der Waals surface area (Å²) in [5, 5.41) is 2.04. The van der Waals surface area contributed by atoms with E-state index < -0.39 is 0 Å². The number of oxazole rings is 1. The van der Waals surface area contributed by atoms with Crippen LogP contribution in [-0.2, 0) is 6.54 Å². The molecule has 1 aliphatic heterocycles. The number of ether oxygens (including phenoxy) is 1. The third-order valence-electron chi connectivity index (χ3n) is 4.59. The Morgan fingerprint density at radius 1 is 1.28 bits per heavy atom. The van der Waals surface area contributed by atoms with Crippen molar-refractivity contribution in [2.75, 3.05) is 13.2 Å². The SMILES string of the molecule is CCOc1ccc(C2CCCN2Cc2coc(-c3cccs3)n2)cc1. The van der Waals surface area contributed by atoms with Gasteiger partial charge in [0.1, 0.15) is 12.0 Å². The molecule has 130 valence electrons. The molecule has 0 amide bonds. The predicted molar refractivity (Wildman–Crippen MR) is 99.8 cm³/mol. The third-order valence-corrected chi connectivity index (χ3v) is 5.45. The minimum Gasteiger partial charge on any atom is -0.494 e. The summed E-state index contributed by atoms with van der Waals surface area (Å²) in [6.07, 6.45) is 4.19. The second kappa shape index (κ2) is 7.42. The van der Waals surface area contributed by atoms with Gasteiger partial charge in [-0.05, 0) is 55.5 Å². The molecule has 0 radical (unpaired) electrons. The molecule has 1 unspecified atom stereocenters. The minimum atomic E-state index is 0.442. The topological polar surface area (TPSA) is 38.5 Å². The Bertz CT molecular complexity index is 795. The largest absolute Gasteiger partial charge is 0.494 e. The maximum Gasteiger partial charge on any atom is 0.236 e. The van der Waals surface area contributed by atoms with Crippen molar-refractivity contribution < 1.29 is 9.15 Å². The molecule has 4 nitrogen and oxygen atoms in total. The zero-order valence-electron chi connectivity index (χ0n) is 14.4. The number of rotatable bonds is 6. The number of hydrogen-bond donors (Lipinski definition) is 0. The van der Waals surface area contributed by atoms with Gasteiger partial charge in [0.25, 0.3) is 0 Å². The summed E-state index contributed by atoms with van der Waals surface area (Å²) in [7, 11) is 0. The van der Waals surface area contributed by atoms with Crippen molar-refractivity contribution in [2.45, 2.75) is 32.4 Å². The average molecular weight is 354 g/mol. The van der Waals surface area contributed by atoms with Crippen molar-refractivity contribution in [2.24, 2.45) is 0 Å². The standard InChI is InChI=1S/C20H22N2O2S/c1-2-23-17-9-7-15(8-10-17)18-5-3-11-22(18)13-16-14-24-20(21-16)19-6-4-12-25-19/h4,6-10,12,14,18H,2-3,5,11,13H2,1H3. The molecule has 3 heterocycles.